The van der Waals surface area contributed by atoms with Crippen LogP contribution in [-0.4, -0.2) is 24.2 Å². The summed E-state index contributed by atoms with van der Waals surface area (Å²) in [4.78, 5) is 11.8. The van der Waals surface area contributed by atoms with Gasteiger partial charge in [-0.15, -0.1) is 0 Å². The van der Waals surface area contributed by atoms with Crippen LogP contribution >= 0.6 is 0 Å². The fraction of sp³-hybridized carbons (Fsp3) is 0.588. The number of benzene rings is 1. The van der Waals surface area contributed by atoms with Crippen molar-refractivity contribution in [2.75, 3.05) is 13.2 Å². The van der Waals surface area contributed by atoms with Crippen molar-refractivity contribution in [1.29, 1.82) is 0 Å². The van der Waals surface area contributed by atoms with Gasteiger partial charge in [-0.2, -0.15) is 0 Å². The lowest BCUT2D eigenvalue weighted by Crippen LogP contribution is -2.42. The van der Waals surface area contributed by atoms with Crippen molar-refractivity contribution in [3.63, 3.8) is 0 Å². The molecule has 4 nitrogen and oxygen atoms in total. The minimum absolute atomic E-state index is 0.141. The Balaban J connectivity index is 2.27. The number of hydrogen-bond acceptors (Lipinski definition) is 3. The first-order chi connectivity index (χ1) is 9.98. The summed E-state index contributed by atoms with van der Waals surface area (Å²) >= 11 is 0. The van der Waals surface area contributed by atoms with Gasteiger partial charge in [-0.05, 0) is 36.3 Å². The number of fused-ring (bicyclic) bond motifs is 1. The molecule has 1 aromatic rings. The fourth-order valence-electron chi connectivity index (χ4n) is 3.29. The average Bonchev–Trinajstić information content (AvgIpc) is 2.46. The van der Waals surface area contributed by atoms with Crippen molar-refractivity contribution in [3.8, 4) is 0 Å². The third-order valence-electron chi connectivity index (χ3n) is 4.31. The summed E-state index contributed by atoms with van der Waals surface area (Å²) in [5, 5.41) is 9.72. The van der Waals surface area contributed by atoms with Crippen molar-refractivity contribution in [1.82, 2.24) is 0 Å². The van der Waals surface area contributed by atoms with Crippen LogP contribution in [0.25, 0.3) is 0 Å². The molecule has 2 atom stereocenters. The van der Waals surface area contributed by atoms with E-state index in [1.54, 1.807) is 0 Å². The average molecular weight is 291 g/mol. The molecule has 116 valence electrons. The first-order valence-electron chi connectivity index (χ1n) is 7.61. The third kappa shape index (κ3) is 3.44. The summed E-state index contributed by atoms with van der Waals surface area (Å²) < 4.78 is 5.87. The molecule has 0 spiro atoms. The van der Waals surface area contributed by atoms with E-state index in [-0.39, 0.29) is 18.6 Å². The molecule has 3 N–H and O–H groups in total. The maximum absolute atomic E-state index is 11.8. The van der Waals surface area contributed by atoms with E-state index >= 15 is 0 Å². The number of carbonyl (C=O) groups is 1. The highest BCUT2D eigenvalue weighted by molar-refractivity contribution is 5.75. The lowest BCUT2D eigenvalue weighted by molar-refractivity contribution is -0.152. The highest BCUT2D eigenvalue weighted by Crippen LogP contribution is 2.40. The number of carboxylic acid groups (broad SMARTS) is 1. The zero-order valence-electron chi connectivity index (χ0n) is 12.8. The maximum Gasteiger partial charge on any atom is 0.311 e. The molecule has 0 fully saturated rings. The molecular formula is C17H25NO3. The Hall–Kier alpha value is -1.39. The summed E-state index contributed by atoms with van der Waals surface area (Å²) in [7, 11) is 0. The molecular weight excluding hydrogens is 266 g/mol. The second-order valence-corrected chi connectivity index (χ2v) is 6.40. The Kier molecular flexibility index (Phi) is 5.01. The van der Waals surface area contributed by atoms with Crippen LogP contribution in [-0.2, 0) is 16.0 Å². The van der Waals surface area contributed by atoms with Gasteiger partial charge in [0, 0.05) is 6.54 Å². The van der Waals surface area contributed by atoms with Gasteiger partial charge in [0.1, 0.15) is 0 Å². The number of ether oxygens (including phenoxy) is 1. The van der Waals surface area contributed by atoms with Gasteiger partial charge in [0.15, 0.2) is 0 Å². The predicted molar refractivity (Wildman–Crippen MR) is 82.0 cm³/mol. The molecule has 0 bridgehead atoms. The lowest BCUT2D eigenvalue weighted by atomic mass is 9.74. The fourth-order valence-corrected chi connectivity index (χ4v) is 3.29. The van der Waals surface area contributed by atoms with E-state index in [4.69, 9.17) is 10.5 Å². The molecule has 0 saturated carbocycles. The van der Waals surface area contributed by atoms with Crippen molar-refractivity contribution < 1.29 is 14.6 Å². The van der Waals surface area contributed by atoms with Crippen LogP contribution in [0.15, 0.2) is 24.3 Å². The summed E-state index contributed by atoms with van der Waals surface area (Å²) in [5.74, 6) is -0.533. The van der Waals surface area contributed by atoms with Crippen molar-refractivity contribution in [2.45, 2.75) is 39.2 Å². The normalized spacial score (nSPS) is 20.9. The van der Waals surface area contributed by atoms with Gasteiger partial charge in [0.2, 0.25) is 0 Å². The first-order valence-corrected chi connectivity index (χ1v) is 7.61. The molecule has 1 aliphatic rings. The van der Waals surface area contributed by atoms with Crippen molar-refractivity contribution in [3.05, 3.63) is 35.4 Å². The summed E-state index contributed by atoms with van der Waals surface area (Å²) in [5.41, 5.74) is 7.32. The molecule has 2 rings (SSSR count). The zero-order valence-corrected chi connectivity index (χ0v) is 12.8. The van der Waals surface area contributed by atoms with E-state index in [1.165, 1.54) is 5.56 Å². The number of carboxylic acids is 1. The molecule has 0 saturated heterocycles. The van der Waals surface area contributed by atoms with Crippen molar-refractivity contribution in [2.24, 2.45) is 17.1 Å². The molecule has 1 aliphatic heterocycles. The van der Waals surface area contributed by atoms with Crippen LogP contribution in [0.2, 0.25) is 0 Å². The van der Waals surface area contributed by atoms with Crippen LogP contribution in [0, 0.1) is 11.3 Å². The molecule has 0 amide bonds. The molecule has 21 heavy (non-hydrogen) atoms. The van der Waals surface area contributed by atoms with E-state index in [1.807, 2.05) is 32.0 Å². The van der Waals surface area contributed by atoms with Gasteiger partial charge < -0.3 is 15.6 Å². The lowest BCUT2D eigenvalue weighted by Gasteiger charge is -2.35. The Morgan fingerprint density at radius 2 is 2.19 bits per heavy atom. The van der Waals surface area contributed by atoms with E-state index in [0.29, 0.717) is 19.4 Å². The van der Waals surface area contributed by atoms with Gasteiger partial charge in [0.05, 0.1) is 18.1 Å². The predicted octanol–water partition coefficient (Wildman–Crippen LogP) is 2.77. The van der Waals surface area contributed by atoms with Gasteiger partial charge >= 0.3 is 5.97 Å². The zero-order chi connectivity index (χ0) is 15.5. The quantitative estimate of drug-likeness (QED) is 0.845. The second kappa shape index (κ2) is 6.58. The molecule has 1 heterocycles. The van der Waals surface area contributed by atoms with Crippen molar-refractivity contribution >= 4 is 5.97 Å². The Labute approximate surface area is 126 Å². The SMILES string of the molecule is CC(C)CC(CN)(CC1OCCc2ccccc21)C(=O)O. The molecule has 1 aromatic carbocycles. The number of aliphatic carboxylic acids is 1. The van der Waals surface area contributed by atoms with E-state index in [0.717, 1.165) is 12.0 Å². The van der Waals surface area contributed by atoms with E-state index in [9.17, 15) is 9.90 Å². The van der Waals surface area contributed by atoms with Gasteiger partial charge in [-0.1, -0.05) is 38.1 Å². The molecule has 0 aromatic heterocycles. The Morgan fingerprint density at radius 3 is 2.81 bits per heavy atom. The van der Waals surface area contributed by atoms with Crippen LogP contribution in [0.1, 0.15) is 43.9 Å². The van der Waals surface area contributed by atoms with Crippen LogP contribution < -0.4 is 5.73 Å². The summed E-state index contributed by atoms with van der Waals surface area (Å²) in [6, 6.07) is 8.13. The highest BCUT2D eigenvalue weighted by atomic mass is 16.5. The van der Waals surface area contributed by atoms with Crippen LogP contribution in [0.3, 0.4) is 0 Å². The standard InChI is InChI=1S/C17H25NO3/c1-12(2)9-17(11-18,16(19)20)10-15-14-6-4-3-5-13(14)7-8-21-15/h3-6,12,15H,7-11,18H2,1-2H3,(H,19,20). The smallest absolute Gasteiger partial charge is 0.311 e. The molecule has 0 radical (unpaired) electrons. The maximum atomic E-state index is 11.8. The molecule has 2 unspecified atom stereocenters. The number of nitrogens with two attached hydrogens (primary N) is 1. The summed E-state index contributed by atoms with van der Waals surface area (Å²) in [6.45, 7) is 4.85. The largest absolute Gasteiger partial charge is 0.481 e. The first kappa shape index (κ1) is 16.0. The number of rotatable bonds is 6. The van der Waals surface area contributed by atoms with Gasteiger partial charge in [0.25, 0.3) is 0 Å². The second-order valence-electron chi connectivity index (χ2n) is 6.40. The third-order valence-corrected chi connectivity index (χ3v) is 4.31. The van der Waals surface area contributed by atoms with Crippen LogP contribution in [0.5, 0.6) is 0 Å². The van der Waals surface area contributed by atoms with E-state index in [2.05, 4.69) is 6.07 Å². The summed E-state index contributed by atoms with van der Waals surface area (Å²) in [6.07, 6.45) is 1.72. The minimum Gasteiger partial charge on any atom is -0.481 e. The topological polar surface area (TPSA) is 72.5 Å². The molecule has 0 aliphatic carbocycles. The Morgan fingerprint density at radius 1 is 1.48 bits per heavy atom. The molecule has 4 heteroatoms. The number of hydrogen-bond donors (Lipinski definition) is 2. The monoisotopic (exact) mass is 291 g/mol. The van der Waals surface area contributed by atoms with Gasteiger partial charge in [-0.25, -0.2) is 0 Å². The highest BCUT2D eigenvalue weighted by Gasteiger charge is 2.41. The van der Waals surface area contributed by atoms with E-state index < -0.39 is 11.4 Å². The minimum atomic E-state index is -0.913. The van der Waals surface area contributed by atoms with Gasteiger partial charge in [-0.3, -0.25) is 4.79 Å². The Bertz CT molecular complexity index is 501. The van der Waals surface area contributed by atoms with Crippen LogP contribution in [0.4, 0.5) is 0 Å².